The van der Waals surface area contributed by atoms with Gasteiger partial charge >= 0.3 is 0 Å². The van der Waals surface area contributed by atoms with E-state index in [2.05, 4.69) is 9.82 Å². The van der Waals surface area contributed by atoms with E-state index in [0.717, 1.165) is 11.3 Å². The number of aromatic nitrogens is 2. The van der Waals surface area contributed by atoms with Gasteiger partial charge in [-0.3, -0.25) is 4.68 Å². The predicted octanol–water partition coefficient (Wildman–Crippen LogP) is 2.52. The molecule has 0 fully saturated rings. The van der Waals surface area contributed by atoms with Crippen molar-refractivity contribution in [3.63, 3.8) is 0 Å². The molecule has 0 amide bonds. The Balaban J connectivity index is 1.86. The number of aryl methyl sites for hydroxylation is 3. The molecule has 114 valence electrons. The van der Waals surface area contributed by atoms with Gasteiger partial charge in [-0.25, -0.2) is 13.1 Å². The molecule has 1 N–H and O–H groups in total. The van der Waals surface area contributed by atoms with Crippen LogP contribution in [0.5, 0.6) is 0 Å². The van der Waals surface area contributed by atoms with Gasteiger partial charge in [-0.2, -0.15) is 5.10 Å². The van der Waals surface area contributed by atoms with Gasteiger partial charge in [0.15, 0.2) is 0 Å². The second-order valence-corrected chi connectivity index (χ2v) is 7.06. The van der Waals surface area contributed by atoms with E-state index in [0.29, 0.717) is 24.5 Å². The minimum atomic E-state index is -3.44. The van der Waals surface area contributed by atoms with E-state index in [9.17, 15) is 8.42 Å². The first kappa shape index (κ1) is 16.0. The van der Waals surface area contributed by atoms with Crippen LogP contribution in [-0.4, -0.2) is 24.7 Å². The zero-order chi connectivity index (χ0) is 15.5. The molecule has 0 unspecified atom stereocenters. The van der Waals surface area contributed by atoms with E-state index in [1.54, 1.807) is 35.1 Å². The smallest absolute Gasteiger partial charge is 0.240 e. The Hall–Kier alpha value is -1.37. The number of hydrogen-bond donors (Lipinski definition) is 1. The number of rotatable bonds is 6. The Labute approximate surface area is 130 Å². The third kappa shape index (κ3) is 4.30. The Bertz CT molecular complexity index is 689. The molecule has 0 spiro atoms. The normalized spacial score (nSPS) is 11.8. The molecule has 1 aromatic carbocycles. The minimum absolute atomic E-state index is 0.283. The van der Waals surface area contributed by atoms with Crippen molar-refractivity contribution in [2.24, 2.45) is 0 Å². The van der Waals surface area contributed by atoms with Crippen LogP contribution in [0.1, 0.15) is 17.7 Å². The van der Waals surface area contributed by atoms with Gasteiger partial charge in [0.2, 0.25) is 10.0 Å². The molecule has 21 heavy (non-hydrogen) atoms. The highest BCUT2D eigenvalue weighted by atomic mass is 35.5. The Kier molecular flexibility index (Phi) is 5.03. The highest BCUT2D eigenvalue weighted by molar-refractivity contribution is 7.89. The lowest BCUT2D eigenvalue weighted by Crippen LogP contribution is -2.25. The third-order valence-electron chi connectivity index (χ3n) is 3.07. The van der Waals surface area contributed by atoms with Crippen molar-refractivity contribution in [3.05, 3.63) is 46.7 Å². The second kappa shape index (κ2) is 6.60. The first-order chi connectivity index (χ1) is 9.88. The summed E-state index contributed by atoms with van der Waals surface area (Å²) in [4.78, 5) is 0.283. The monoisotopic (exact) mass is 327 g/mol. The summed E-state index contributed by atoms with van der Waals surface area (Å²) in [5, 5.41) is 4.84. The van der Waals surface area contributed by atoms with Gasteiger partial charge in [0.05, 0.1) is 15.6 Å². The van der Waals surface area contributed by atoms with Gasteiger partial charge < -0.3 is 0 Å². The summed E-state index contributed by atoms with van der Waals surface area (Å²) in [6.07, 6.45) is 2.38. The van der Waals surface area contributed by atoms with Crippen molar-refractivity contribution in [1.82, 2.24) is 14.5 Å². The summed E-state index contributed by atoms with van der Waals surface area (Å²) in [6, 6.07) is 6.77. The molecule has 1 heterocycles. The molecule has 2 rings (SSSR count). The third-order valence-corrected chi connectivity index (χ3v) is 4.92. The number of sulfonamides is 1. The Morgan fingerprint density at radius 3 is 2.48 bits per heavy atom. The molecule has 0 aliphatic heterocycles. The Morgan fingerprint density at radius 1 is 1.24 bits per heavy atom. The van der Waals surface area contributed by atoms with Crippen molar-refractivity contribution < 1.29 is 8.42 Å². The van der Waals surface area contributed by atoms with Crippen LogP contribution in [0.3, 0.4) is 0 Å². The second-order valence-electron chi connectivity index (χ2n) is 4.89. The van der Waals surface area contributed by atoms with E-state index in [1.807, 2.05) is 13.8 Å². The molecule has 0 saturated carbocycles. The molecule has 1 aromatic heterocycles. The fourth-order valence-corrected chi connectivity index (χ4v) is 3.08. The van der Waals surface area contributed by atoms with E-state index in [-0.39, 0.29) is 4.90 Å². The van der Waals surface area contributed by atoms with Crippen molar-refractivity contribution in [2.75, 3.05) is 6.54 Å². The molecule has 0 aliphatic rings. The molecule has 7 heteroatoms. The van der Waals surface area contributed by atoms with Gasteiger partial charge in [0, 0.05) is 19.3 Å². The van der Waals surface area contributed by atoms with Crippen LogP contribution in [-0.2, 0) is 16.6 Å². The Morgan fingerprint density at radius 2 is 1.90 bits per heavy atom. The van der Waals surface area contributed by atoms with Crippen molar-refractivity contribution in [1.29, 1.82) is 0 Å². The van der Waals surface area contributed by atoms with Crippen molar-refractivity contribution in [3.8, 4) is 0 Å². The molecular weight excluding hydrogens is 310 g/mol. The maximum Gasteiger partial charge on any atom is 0.240 e. The van der Waals surface area contributed by atoms with E-state index >= 15 is 0 Å². The summed E-state index contributed by atoms with van der Waals surface area (Å²) in [5.74, 6) is 0. The number of nitrogens with one attached hydrogen (secondary N) is 1. The topological polar surface area (TPSA) is 64.0 Å². The maximum atomic E-state index is 12.1. The molecule has 0 radical (unpaired) electrons. The number of nitrogens with zero attached hydrogens (tertiary/aromatic N) is 2. The number of benzene rings is 1. The average molecular weight is 328 g/mol. The lowest BCUT2D eigenvalue weighted by atomic mass is 10.2. The molecular formula is C14H18ClN3O2S. The summed E-state index contributed by atoms with van der Waals surface area (Å²) in [5.41, 5.74) is 1.80. The molecule has 0 saturated heterocycles. The summed E-state index contributed by atoms with van der Waals surface area (Å²) in [7, 11) is -3.44. The first-order valence-electron chi connectivity index (χ1n) is 6.64. The van der Waals surface area contributed by atoms with Crippen LogP contribution in [0.2, 0.25) is 5.02 Å². The van der Waals surface area contributed by atoms with Gasteiger partial charge in [0.25, 0.3) is 0 Å². The molecule has 0 bridgehead atoms. The predicted molar refractivity (Wildman–Crippen MR) is 83.0 cm³/mol. The summed E-state index contributed by atoms with van der Waals surface area (Å²) < 4.78 is 28.4. The largest absolute Gasteiger partial charge is 0.271 e. The lowest BCUT2D eigenvalue weighted by Gasteiger charge is -2.07. The van der Waals surface area contributed by atoms with Gasteiger partial charge in [0.1, 0.15) is 0 Å². The summed E-state index contributed by atoms with van der Waals surface area (Å²) in [6.45, 7) is 4.72. The van der Waals surface area contributed by atoms with E-state index in [1.165, 1.54) is 0 Å². The maximum absolute atomic E-state index is 12.1. The van der Waals surface area contributed by atoms with Crippen molar-refractivity contribution >= 4 is 21.6 Å². The SMILES string of the molecule is Cc1ccc(S(=O)(=O)NCCCn2cc(Cl)c(C)n2)cc1. The number of hydrogen-bond acceptors (Lipinski definition) is 3. The van der Waals surface area contributed by atoms with Crippen LogP contribution < -0.4 is 4.72 Å². The zero-order valence-corrected chi connectivity index (χ0v) is 13.6. The summed E-state index contributed by atoms with van der Waals surface area (Å²) >= 11 is 5.91. The zero-order valence-electron chi connectivity index (χ0n) is 12.0. The van der Waals surface area contributed by atoms with Crippen LogP contribution >= 0.6 is 11.6 Å². The fraction of sp³-hybridized carbons (Fsp3) is 0.357. The first-order valence-corrected chi connectivity index (χ1v) is 8.50. The average Bonchev–Trinajstić information content (AvgIpc) is 2.74. The molecule has 2 aromatic rings. The van der Waals surface area contributed by atoms with Gasteiger partial charge in [-0.05, 0) is 32.4 Å². The van der Waals surface area contributed by atoms with Crippen LogP contribution in [0.25, 0.3) is 0 Å². The van der Waals surface area contributed by atoms with E-state index in [4.69, 9.17) is 11.6 Å². The molecule has 0 atom stereocenters. The highest BCUT2D eigenvalue weighted by Gasteiger charge is 2.12. The molecule has 0 aliphatic carbocycles. The van der Waals surface area contributed by atoms with Crippen LogP contribution in [0.15, 0.2) is 35.4 Å². The molecule has 5 nitrogen and oxygen atoms in total. The van der Waals surface area contributed by atoms with Crippen molar-refractivity contribution in [2.45, 2.75) is 31.7 Å². The highest BCUT2D eigenvalue weighted by Crippen LogP contribution is 2.12. The number of halogens is 1. The fourth-order valence-electron chi connectivity index (χ4n) is 1.86. The minimum Gasteiger partial charge on any atom is -0.271 e. The van der Waals surface area contributed by atoms with Gasteiger partial charge in [-0.15, -0.1) is 0 Å². The van der Waals surface area contributed by atoms with Crippen LogP contribution in [0, 0.1) is 13.8 Å². The van der Waals surface area contributed by atoms with Gasteiger partial charge in [-0.1, -0.05) is 29.3 Å². The van der Waals surface area contributed by atoms with Crippen LogP contribution in [0.4, 0.5) is 0 Å². The standard InChI is InChI=1S/C14H18ClN3O2S/c1-11-4-6-13(7-5-11)21(19,20)16-8-3-9-18-10-14(15)12(2)17-18/h4-7,10,16H,3,8-9H2,1-2H3. The quantitative estimate of drug-likeness (QED) is 0.829. The van der Waals surface area contributed by atoms with E-state index < -0.39 is 10.0 Å². The lowest BCUT2D eigenvalue weighted by molar-refractivity contribution is 0.551.